The molecule has 0 aliphatic carbocycles. The molecular formula is C33H24N4. The lowest BCUT2D eigenvalue weighted by Crippen LogP contribution is -2.36. The van der Waals surface area contributed by atoms with E-state index < -0.39 is 0 Å². The fourth-order valence-corrected chi connectivity index (χ4v) is 4.91. The minimum Gasteiger partial charge on any atom is -0.355 e. The van der Waals surface area contributed by atoms with E-state index in [1.54, 1.807) is 0 Å². The molecule has 0 spiro atoms. The quantitative estimate of drug-likeness (QED) is 0.273. The van der Waals surface area contributed by atoms with Gasteiger partial charge in [0.25, 0.3) is 0 Å². The first kappa shape index (κ1) is 21.2. The maximum Gasteiger partial charge on any atom is 0.0949 e. The summed E-state index contributed by atoms with van der Waals surface area (Å²) >= 11 is 0. The zero-order chi connectivity index (χ0) is 24.6. The van der Waals surface area contributed by atoms with E-state index >= 15 is 0 Å². The van der Waals surface area contributed by atoms with Crippen molar-refractivity contribution in [3.05, 3.63) is 145 Å². The first-order valence-electron chi connectivity index (χ1n) is 12.4. The number of benzene rings is 5. The summed E-state index contributed by atoms with van der Waals surface area (Å²) in [7, 11) is 0. The highest BCUT2D eigenvalue weighted by molar-refractivity contribution is 6.13. The predicted octanol–water partition coefficient (Wildman–Crippen LogP) is 7.76. The Labute approximate surface area is 215 Å². The number of hydrazone groups is 1. The van der Waals surface area contributed by atoms with Gasteiger partial charge >= 0.3 is 0 Å². The zero-order valence-electron chi connectivity index (χ0n) is 20.1. The third-order valence-electron chi connectivity index (χ3n) is 6.82. The molecule has 1 aliphatic rings. The van der Waals surface area contributed by atoms with Crippen molar-refractivity contribution in [2.24, 2.45) is 5.10 Å². The summed E-state index contributed by atoms with van der Waals surface area (Å²) in [5.41, 5.74) is 13.2. The number of hydrazine groups is 1. The summed E-state index contributed by atoms with van der Waals surface area (Å²) in [4.78, 5) is 3.51. The van der Waals surface area contributed by atoms with Gasteiger partial charge in [0, 0.05) is 27.4 Å². The summed E-state index contributed by atoms with van der Waals surface area (Å²) in [6.45, 7) is 0. The molecule has 0 fully saturated rings. The van der Waals surface area contributed by atoms with Crippen molar-refractivity contribution in [2.75, 3.05) is 5.12 Å². The third-order valence-corrected chi connectivity index (χ3v) is 6.82. The Kier molecular flexibility index (Phi) is 5.07. The second-order valence-corrected chi connectivity index (χ2v) is 9.18. The molecule has 176 valence electrons. The summed E-state index contributed by atoms with van der Waals surface area (Å²) in [6.07, 6.45) is 2.10. The Balaban J connectivity index is 1.24. The van der Waals surface area contributed by atoms with E-state index in [1.165, 1.54) is 21.9 Å². The topological polar surface area (TPSA) is 43.4 Å². The van der Waals surface area contributed by atoms with Gasteiger partial charge in [-0.3, -0.25) is 5.43 Å². The van der Waals surface area contributed by atoms with Crippen LogP contribution in [0.5, 0.6) is 0 Å². The van der Waals surface area contributed by atoms with Gasteiger partial charge in [0.1, 0.15) is 0 Å². The Hall–Kier alpha value is -5.09. The van der Waals surface area contributed by atoms with E-state index in [-0.39, 0.29) is 0 Å². The van der Waals surface area contributed by atoms with Gasteiger partial charge in [0.05, 0.1) is 17.1 Å². The Morgan fingerprint density at radius 2 is 1.16 bits per heavy atom. The molecule has 6 aromatic rings. The number of nitrogens with zero attached hydrogens (tertiary/aromatic N) is 2. The smallest absolute Gasteiger partial charge is 0.0949 e. The molecule has 0 saturated carbocycles. The SMILES string of the molecule is C1=C(c2ccccc2)NN(c2ccc(-c3ccc4[nH]c5ccccc5c4c3)cc2)N=C1c1ccccc1. The molecule has 0 atom stereocenters. The minimum atomic E-state index is 0.909. The van der Waals surface area contributed by atoms with Crippen LogP contribution in [0.2, 0.25) is 0 Å². The van der Waals surface area contributed by atoms with Crippen molar-refractivity contribution in [1.82, 2.24) is 10.4 Å². The summed E-state index contributed by atoms with van der Waals surface area (Å²) in [6, 6.07) is 44.2. The number of hydrogen-bond acceptors (Lipinski definition) is 3. The number of nitrogens with one attached hydrogen (secondary N) is 2. The molecule has 0 radical (unpaired) electrons. The standard InChI is InChI=1S/C33H24N4/c1-3-9-24(10-4-1)32-22-33(25-11-5-2-6-12-25)36-37(35-32)27-18-15-23(16-19-27)26-17-20-31-29(21-26)28-13-7-8-14-30(28)34-31/h1-22,34-35H. The van der Waals surface area contributed by atoms with Crippen LogP contribution in [0.15, 0.2) is 139 Å². The van der Waals surface area contributed by atoms with Crippen molar-refractivity contribution < 1.29 is 0 Å². The second-order valence-electron chi connectivity index (χ2n) is 9.18. The fourth-order valence-electron chi connectivity index (χ4n) is 4.91. The lowest BCUT2D eigenvalue weighted by atomic mass is 10.0. The number of H-pyrrole nitrogens is 1. The molecular weight excluding hydrogens is 452 g/mol. The molecule has 4 nitrogen and oxygen atoms in total. The van der Waals surface area contributed by atoms with Gasteiger partial charge in [-0.2, -0.15) is 10.2 Å². The second kappa shape index (κ2) is 8.85. The molecule has 1 aliphatic heterocycles. The van der Waals surface area contributed by atoms with E-state index in [1.807, 2.05) is 29.4 Å². The molecule has 2 heterocycles. The van der Waals surface area contributed by atoms with Crippen molar-refractivity contribution in [3.8, 4) is 11.1 Å². The molecule has 7 rings (SSSR count). The molecule has 0 saturated heterocycles. The van der Waals surface area contributed by atoms with Crippen LogP contribution in [0, 0.1) is 0 Å². The predicted molar refractivity (Wildman–Crippen MR) is 154 cm³/mol. The van der Waals surface area contributed by atoms with E-state index in [2.05, 4.69) is 120 Å². The van der Waals surface area contributed by atoms with Crippen molar-refractivity contribution in [3.63, 3.8) is 0 Å². The molecule has 2 N–H and O–H groups in total. The first-order valence-corrected chi connectivity index (χ1v) is 12.4. The van der Waals surface area contributed by atoms with Crippen LogP contribution >= 0.6 is 0 Å². The van der Waals surface area contributed by atoms with Gasteiger partial charge in [-0.05, 0) is 53.1 Å². The molecule has 1 aromatic heterocycles. The molecule has 4 heteroatoms. The monoisotopic (exact) mass is 476 g/mol. The molecule has 0 bridgehead atoms. The number of rotatable bonds is 4. The number of fused-ring (bicyclic) bond motifs is 3. The Bertz CT molecular complexity index is 1780. The molecule has 0 unspecified atom stereocenters. The van der Waals surface area contributed by atoms with Crippen LogP contribution in [-0.2, 0) is 0 Å². The maximum absolute atomic E-state index is 4.93. The van der Waals surface area contributed by atoms with Gasteiger partial charge in [0.15, 0.2) is 0 Å². The van der Waals surface area contributed by atoms with Crippen molar-refractivity contribution in [2.45, 2.75) is 0 Å². The largest absolute Gasteiger partial charge is 0.355 e. The highest BCUT2D eigenvalue weighted by Crippen LogP contribution is 2.31. The summed E-state index contributed by atoms with van der Waals surface area (Å²) < 4.78 is 0. The molecule has 37 heavy (non-hydrogen) atoms. The molecule has 5 aromatic carbocycles. The number of para-hydroxylation sites is 1. The molecule has 0 amide bonds. The normalized spacial score (nSPS) is 13.4. The summed E-state index contributed by atoms with van der Waals surface area (Å²) in [5, 5.41) is 9.27. The average Bonchev–Trinajstić information content (AvgIpc) is 3.36. The zero-order valence-corrected chi connectivity index (χ0v) is 20.1. The number of aromatic nitrogens is 1. The van der Waals surface area contributed by atoms with Gasteiger partial charge in [-0.15, -0.1) is 0 Å². The number of allylic oxidation sites excluding steroid dienone is 1. The highest BCUT2D eigenvalue weighted by atomic mass is 15.7. The average molecular weight is 477 g/mol. The number of aromatic amines is 1. The summed E-state index contributed by atoms with van der Waals surface area (Å²) in [5.74, 6) is 0. The van der Waals surface area contributed by atoms with Crippen LogP contribution in [0.25, 0.3) is 38.6 Å². The first-order chi connectivity index (χ1) is 18.3. The number of anilines is 1. The highest BCUT2D eigenvalue weighted by Gasteiger charge is 2.17. The van der Waals surface area contributed by atoms with Gasteiger partial charge in [0.2, 0.25) is 0 Å². The van der Waals surface area contributed by atoms with Gasteiger partial charge in [-0.1, -0.05) is 97.1 Å². The van der Waals surface area contributed by atoms with E-state index in [0.29, 0.717) is 0 Å². The van der Waals surface area contributed by atoms with Crippen LogP contribution in [0.1, 0.15) is 11.1 Å². The van der Waals surface area contributed by atoms with E-state index in [4.69, 9.17) is 5.10 Å². The van der Waals surface area contributed by atoms with Gasteiger partial charge in [-0.25, -0.2) is 0 Å². The third kappa shape index (κ3) is 3.95. The lowest BCUT2D eigenvalue weighted by molar-refractivity contribution is 0.787. The number of hydrogen-bond donors (Lipinski definition) is 2. The maximum atomic E-state index is 4.93. The lowest BCUT2D eigenvalue weighted by Gasteiger charge is -2.28. The fraction of sp³-hybridized carbons (Fsp3) is 0. The van der Waals surface area contributed by atoms with Crippen LogP contribution in [0.4, 0.5) is 5.69 Å². The van der Waals surface area contributed by atoms with Crippen LogP contribution in [-0.4, -0.2) is 10.7 Å². The minimum absolute atomic E-state index is 0.909. The van der Waals surface area contributed by atoms with E-state index in [0.717, 1.165) is 39.3 Å². The van der Waals surface area contributed by atoms with Crippen LogP contribution < -0.4 is 10.5 Å². The van der Waals surface area contributed by atoms with Gasteiger partial charge < -0.3 is 4.98 Å². The van der Waals surface area contributed by atoms with Crippen molar-refractivity contribution in [1.29, 1.82) is 0 Å². The van der Waals surface area contributed by atoms with E-state index in [9.17, 15) is 0 Å². The Morgan fingerprint density at radius 3 is 1.95 bits per heavy atom. The van der Waals surface area contributed by atoms with Crippen LogP contribution in [0.3, 0.4) is 0 Å². The van der Waals surface area contributed by atoms with Crippen molar-refractivity contribution >= 4 is 38.9 Å². The Morgan fingerprint density at radius 1 is 0.514 bits per heavy atom.